The van der Waals surface area contributed by atoms with Crippen LogP contribution in [0, 0.1) is 0 Å². The number of nitrogens with one attached hydrogen (secondary N) is 2. The van der Waals surface area contributed by atoms with Crippen LogP contribution in [0.2, 0.25) is 5.02 Å². The molecule has 0 saturated heterocycles. The molecule has 0 bridgehead atoms. The number of guanidine groups is 1. The first-order chi connectivity index (χ1) is 8.74. The van der Waals surface area contributed by atoms with Gasteiger partial charge in [0.1, 0.15) is 0 Å². The van der Waals surface area contributed by atoms with Gasteiger partial charge in [0.2, 0.25) is 0 Å². The van der Waals surface area contributed by atoms with E-state index < -0.39 is 0 Å². The molecule has 19 heavy (non-hydrogen) atoms. The molecule has 0 spiro atoms. The van der Waals surface area contributed by atoms with Crippen molar-refractivity contribution in [2.45, 2.75) is 18.4 Å². The van der Waals surface area contributed by atoms with E-state index >= 15 is 0 Å². The number of hydrogen-bond donors (Lipinski definition) is 2. The lowest BCUT2D eigenvalue weighted by Crippen LogP contribution is -2.38. The van der Waals surface area contributed by atoms with Crippen molar-refractivity contribution in [1.82, 2.24) is 10.6 Å². The molecule has 2 atom stereocenters. The van der Waals surface area contributed by atoms with Crippen LogP contribution in [0.25, 0.3) is 0 Å². The summed E-state index contributed by atoms with van der Waals surface area (Å²) in [4.78, 5) is 4.17. The Morgan fingerprint density at radius 1 is 1.58 bits per heavy atom. The third kappa shape index (κ3) is 4.69. The fourth-order valence-corrected chi connectivity index (χ4v) is 2.20. The monoisotopic (exact) mass is 391 g/mol. The van der Waals surface area contributed by atoms with E-state index in [-0.39, 0.29) is 24.0 Å². The molecule has 1 aromatic carbocycles. The normalized spacial score (nSPS) is 21.3. The second-order valence-corrected chi connectivity index (χ2v) is 4.83. The van der Waals surface area contributed by atoms with E-state index in [1.54, 1.807) is 7.05 Å². The Hall–Kier alpha value is -0.750. The fourth-order valence-electron chi connectivity index (χ4n) is 2.00. The lowest BCUT2D eigenvalue weighted by atomic mass is 10.1. The van der Waals surface area contributed by atoms with Gasteiger partial charge in [-0.05, 0) is 24.1 Å². The first kappa shape index (κ1) is 16.3. The maximum atomic E-state index is 6.00. The second kappa shape index (κ2) is 7.75. The van der Waals surface area contributed by atoms with Gasteiger partial charge in [-0.2, -0.15) is 0 Å². The Labute approximate surface area is 136 Å². The van der Waals surface area contributed by atoms with Crippen molar-refractivity contribution in [3.63, 3.8) is 0 Å². The predicted molar refractivity (Wildman–Crippen MR) is 92.7 cm³/mol. The van der Waals surface area contributed by atoms with Crippen LogP contribution in [0.3, 0.4) is 0 Å². The molecule has 1 fully saturated rings. The van der Waals surface area contributed by atoms with Crippen LogP contribution in [0.5, 0.6) is 0 Å². The Morgan fingerprint density at radius 2 is 2.37 bits per heavy atom. The molecule has 0 aliphatic heterocycles. The maximum Gasteiger partial charge on any atom is 0.191 e. The fraction of sp³-hybridized carbons (Fsp3) is 0.357. The quantitative estimate of drug-likeness (QED) is 0.358. The highest BCUT2D eigenvalue weighted by Crippen LogP contribution is 2.41. The topological polar surface area (TPSA) is 36.4 Å². The van der Waals surface area contributed by atoms with E-state index in [2.05, 4.69) is 28.3 Å². The van der Waals surface area contributed by atoms with Crippen molar-refractivity contribution < 1.29 is 0 Å². The molecule has 1 aliphatic carbocycles. The van der Waals surface area contributed by atoms with Crippen LogP contribution in [-0.4, -0.2) is 25.6 Å². The molecule has 104 valence electrons. The zero-order valence-electron chi connectivity index (χ0n) is 10.9. The largest absolute Gasteiger partial charge is 0.353 e. The van der Waals surface area contributed by atoms with Crippen molar-refractivity contribution in [2.75, 3.05) is 13.6 Å². The summed E-state index contributed by atoms with van der Waals surface area (Å²) >= 11 is 6.00. The minimum absolute atomic E-state index is 0. The molecule has 2 rings (SSSR count). The molecule has 0 radical (unpaired) electrons. The van der Waals surface area contributed by atoms with Gasteiger partial charge in [0.05, 0.1) is 0 Å². The minimum Gasteiger partial charge on any atom is -0.353 e. The van der Waals surface area contributed by atoms with Crippen LogP contribution in [-0.2, 0) is 0 Å². The summed E-state index contributed by atoms with van der Waals surface area (Å²) < 4.78 is 0. The van der Waals surface area contributed by atoms with E-state index in [9.17, 15) is 0 Å². The van der Waals surface area contributed by atoms with Crippen molar-refractivity contribution in [2.24, 2.45) is 4.99 Å². The van der Waals surface area contributed by atoms with Crippen LogP contribution in [0.15, 0.2) is 41.9 Å². The standard InChI is InChI=1S/C14H18ClN3.HI/c1-3-7-17-14(16-2)18-13-9-12(13)10-5-4-6-11(15)8-10;/h3-6,8,12-13H,1,7,9H2,2H3,(H2,16,17,18);1H. The number of hydrogen-bond acceptors (Lipinski definition) is 1. The number of nitrogens with zero attached hydrogens (tertiary/aromatic N) is 1. The smallest absolute Gasteiger partial charge is 0.191 e. The van der Waals surface area contributed by atoms with Crippen LogP contribution in [0.4, 0.5) is 0 Å². The van der Waals surface area contributed by atoms with Gasteiger partial charge in [0.25, 0.3) is 0 Å². The van der Waals surface area contributed by atoms with Gasteiger partial charge in [-0.15, -0.1) is 30.6 Å². The zero-order chi connectivity index (χ0) is 13.0. The second-order valence-electron chi connectivity index (χ2n) is 4.39. The number of benzene rings is 1. The Bertz CT molecular complexity index is 462. The van der Waals surface area contributed by atoms with E-state index in [1.807, 2.05) is 24.3 Å². The molecule has 1 saturated carbocycles. The minimum atomic E-state index is 0. The summed E-state index contributed by atoms with van der Waals surface area (Å²) in [5.41, 5.74) is 1.29. The third-order valence-corrected chi connectivity index (χ3v) is 3.26. The molecule has 1 aliphatic rings. The molecule has 2 unspecified atom stereocenters. The van der Waals surface area contributed by atoms with Crippen LogP contribution < -0.4 is 10.6 Å². The molecule has 0 heterocycles. The lowest BCUT2D eigenvalue weighted by molar-refractivity contribution is 0.818. The van der Waals surface area contributed by atoms with Gasteiger partial charge >= 0.3 is 0 Å². The van der Waals surface area contributed by atoms with Gasteiger partial charge in [0.15, 0.2) is 5.96 Å². The molecule has 3 nitrogen and oxygen atoms in total. The first-order valence-electron chi connectivity index (χ1n) is 6.08. The van der Waals surface area contributed by atoms with Gasteiger partial charge in [-0.1, -0.05) is 29.8 Å². The summed E-state index contributed by atoms with van der Waals surface area (Å²) in [7, 11) is 1.77. The van der Waals surface area contributed by atoms with Gasteiger partial charge in [0, 0.05) is 30.6 Å². The molecular weight excluding hydrogens is 373 g/mol. The van der Waals surface area contributed by atoms with Gasteiger partial charge < -0.3 is 10.6 Å². The average molecular weight is 392 g/mol. The molecule has 0 amide bonds. The molecular formula is C14H19ClIN3. The summed E-state index contributed by atoms with van der Waals surface area (Å²) in [6.45, 7) is 4.39. The average Bonchev–Trinajstić information content (AvgIpc) is 3.13. The van der Waals surface area contributed by atoms with E-state index in [0.717, 1.165) is 17.4 Å². The SMILES string of the molecule is C=CCNC(=NC)NC1CC1c1cccc(Cl)c1.I. The van der Waals surface area contributed by atoms with E-state index in [0.29, 0.717) is 18.5 Å². The molecule has 5 heteroatoms. The zero-order valence-corrected chi connectivity index (χ0v) is 14.0. The number of rotatable bonds is 4. The van der Waals surface area contributed by atoms with Crippen molar-refractivity contribution in [3.05, 3.63) is 47.5 Å². The summed E-state index contributed by atoms with van der Waals surface area (Å²) in [5, 5.41) is 7.36. The molecule has 2 N–H and O–H groups in total. The first-order valence-corrected chi connectivity index (χ1v) is 6.46. The highest BCUT2D eigenvalue weighted by molar-refractivity contribution is 14.0. The van der Waals surface area contributed by atoms with Crippen LogP contribution >= 0.6 is 35.6 Å². The third-order valence-electron chi connectivity index (χ3n) is 3.03. The van der Waals surface area contributed by atoms with E-state index in [4.69, 9.17) is 11.6 Å². The van der Waals surface area contributed by atoms with Crippen molar-refractivity contribution >= 4 is 41.5 Å². The highest BCUT2D eigenvalue weighted by atomic mass is 127. The summed E-state index contributed by atoms with van der Waals surface area (Å²) in [6.07, 6.45) is 2.93. The molecule has 1 aromatic rings. The van der Waals surface area contributed by atoms with Gasteiger partial charge in [-0.3, -0.25) is 4.99 Å². The van der Waals surface area contributed by atoms with Crippen molar-refractivity contribution in [1.29, 1.82) is 0 Å². The predicted octanol–water partition coefficient (Wildman–Crippen LogP) is 3.16. The highest BCUT2D eigenvalue weighted by Gasteiger charge is 2.38. The summed E-state index contributed by atoms with van der Waals surface area (Å²) in [5.74, 6) is 1.36. The number of halogens is 2. The Balaban J connectivity index is 0.00000180. The number of aliphatic imine (C=N–C) groups is 1. The van der Waals surface area contributed by atoms with Gasteiger partial charge in [-0.25, -0.2) is 0 Å². The van der Waals surface area contributed by atoms with Crippen molar-refractivity contribution in [3.8, 4) is 0 Å². The lowest BCUT2D eigenvalue weighted by Gasteiger charge is -2.10. The van der Waals surface area contributed by atoms with E-state index in [1.165, 1.54) is 5.56 Å². The molecule has 0 aromatic heterocycles. The Kier molecular flexibility index (Phi) is 6.65. The maximum absolute atomic E-state index is 6.00. The summed E-state index contributed by atoms with van der Waals surface area (Å²) in [6, 6.07) is 8.50. The van der Waals surface area contributed by atoms with Crippen LogP contribution in [0.1, 0.15) is 17.9 Å². The Morgan fingerprint density at radius 3 is 3.00 bits per heavy atom.